The molecule has 0 aliphatic carbocycles. The number of hydrogen-bond acceptors (Lipinski definition) is 3. The maximum absolute atomic E-state index is 11.9. The highest BCUT2D eigenvalue weighted by molar-refractivity contribution is 5.94. The lowest BCUT2D eigenvalue weighted by Gasteiger charge is -2.23. The molecular formula is C14H22N2O2. The maximum atomic E-state index is 11.9. The lowest BCUT2D eigenvalue weighted by atomic mass is 10.0. The Labute approximate surface area is 109 Å². The first-order valence-corrected chi connectivity index (χ1v) is 6.05. The van der Waals surface area contributed by atoms with Crippen molar-refractivity contribution < 1.29 is 9.53 Å². The van der Waals surface area contributed by atoms with Crippen molar-refractivity contribution in [3.63, 3.8) is 0 Å². The molecule has 0 aromatic heterocycles. The van der Waals surface area contributed by atoms with Crippen molar-refractivity contribution in [1.82, 2.24) is 0 Å². The highest BCUT2D eigenvalue weighted by Crippen LogP contribution is 2.33. The molecule has 1 aromatic rings. The van der Waals surface area contributed by atoms with Crippen LogP contribution in [0.5, 0.6) is 5.75 Å². The number of carbonyl (C=O) groups is 1. The molecule has 1 aromatic carbocycles. The predicted molar refractivity (Wildman–Crippen MR) is 74.3 cm³/mol. The monoisotopic (exact) mass is 250 g/mol. The molecule has 0 heterocycles. The zero-order chi connectivity index (χ0) is 13.9. The van der Waals surface area contributed by atoms with E-state index in [1.54, 1.807) is 19.1 Å². The van der Waals surface area contributed by atoms with Crippen LogP contribution in [0.25, 0.3) is 0 Å². The summed E-state index contributed by atoms with van der Waals surface area (Å²) in [6.45, 7) is 6.36. The number of nitrogens with two attached hydrogens (primary N) is 1. The van der Waals surface area contributed by atoms with Gasteiger partial charge in [0.05, 0.1) is 7.11 Å². The molecule has 0 saturated heterocycles. The molecule has 0 atom stereocenters. The highest BCUT2D eigenvalue weighted by Gasteiger charge is 2.17. The molecular weight excluding hydrogens is 228 g/mol. The second kappa shape index (κ2) is 5.87. The molecule has 0 unspecified atom stereocenters. The van der Waals surface area contributed by atoms with Crippen molar-refractivity contribution in [2.24, 2.45) is 5.73 Å². The van der Waals surface area contributed by atoms with Gasteiger partial charge in [0.25, 0.3) is 0 Å². The molecule has 0 spiro atoms. The van der Waals surface area contributed by atoms with Crippen LogP contribution in [0.2, 0.25) is 0 Å². The summed E-state index contributed by atoms with van der Waals surface area (Å²) in [6.07, 6.45) is 0.361. The topological polar surface area (TPSA) is 55.6 Å². The molecule has 0 aliphatic heterocycles. The quantitative estimate of drug-likeness (QED) is 0.888. The fraction of sp³-hybridized carbons (Fsp3) is 0.500. The van der Waals surface area contributed by atoms with E-state index in [1.165, 1.54) is 0 Å². The third-order valence-electron chi connectivity index (χ3n) is 3.30. The smallest absolute Gasteiger partial charge is 0.227 e. The Bertz CT molecular complexity index is 456. The Hall–Kier alpha value is -1.55. The van der Waals surface area contributed by atoms with Crippen molar-refractivity contribution in [2.75, 3.05) is 25.6 Å². The first-order chi connectivity index (χ1) is 8.43. The van der Waals surface area contributed by atoms with Gasteiger partial charge in [0.15, 0.2) is 0 Å². The summed E-state index contributed by atoms with van der Waals surface area (Å²) in [5.41, 5.74) is 9.50. The van der Waals surface area contributed by atoms with E-state index in [9.17, 15) is 4.79 Å². The van der Waals surface area contributed by atoms with Gasteiger partial charge in [0.2, 0.25) is 5.91 Å². The van der Waals surface area contributed by atoms with E-state index < -0.39 is 0 Å². The van der Waals surface area contributed by atoms with Crippen molar-refractivity contribution in [3.8, 4) is 5.75 Å². The first kappa shape index (κ1) is 14.5. The third kappa shape index (κ3) is 2.64. The number of nitrogens with zero attached hydrogens (tertiary/aromatic N) is 1. The molecule has 0 bridgehead atoms. The van der Waals surface area contributed by atoms with Gasteiger partial charge in [-0.2, -0.15) is 0 Å². The number of benzene rings is 1. The van der Waals surface area contributed by atoms with Gasteiger partial charge < -0.3 is 15.4 Å². The number of hydrogen-bond donors (Lipinski definition) is 1. The van der Waals surface area contributed by atoms with E-state index in [-0.39, 0.29) is 5.91 Å². The van der Waals surface area contributed by atoms with Gasteiger partial charge in [-0.1, -0.05) is 0 Å². The number of carbonyl (C=O) groups excluding carboxylic acids is 1. The molecule has 0 radical (unpaired) electrons. The Morgan fingerprint density at radius 3 is 2.44 bits per heavy atom. The summed E-state index contributed by atoms with van der Waals surface area (Å²) in [5.74, 6) is 0.917. The largest absolute Gasteiger partial charge is 0.496 e. The second-order valence-corrected chi connectivity index (χ2v) is 4.49. The van der Waals surface area contributed by atoms with Crippen molar-refractivity contribution in [1.29, 1.82) is 0 Å². The lowest BCUT2D eigenvalue weighted by Crippen LogP contribution is -2.29. The van der Waals surface area contributed by atoms with Crippen LogP contribution in [-0.4, -0.2) is 26.6 Å². The van der Waals surface area contributed by atoms with Gasteiger partial charge in [-0.3, -0.25) is 4.79 Å². The Balaban J connectivity index is 3.22. The Morgan fingerprint density at radius 1 is 1.33 bits per heavy atom. The van der Waals surface area contributed by atoms with Gasteiger partial charge in [0, 0.05) is 25.7 Å². The average molecular weight is 250 g/mol. The van der Waals surface area contributed by atoms with E-state index in [4.69, 9.17) is 10.5 Å². The van der Waals surface area contributed by atoms with Crippen molar-refractivity contribution in [3.05, 3.63) is 22.8 Å². The number of anilines is 1. The van der Waals surface area contributed by atoms with Gasteiger partial charge in [-0.15, -0.1) is 0 Å². The molecule has 4 nitrogen and oxygen atoms in total. The van der Waals surface area contributed by atoms with E-state index in [1.807, 2.05) is 26.8 Å². The molecule has 0 saturated carbocycles. The number of ether oxygens (including phenoxy) is 1. The molecule has 0 aliphatic rings. The molecule has 18 heavy (non-hydrogen) atoms. The number of rotatable bonds is 4. The van der Waals surface area contributed by atoms with Crippen molar-refractivity contribution >= 4 is 11.6 Å². The summed E-state index contributed by atoms with van der Waals surface area (Å²) in [5, 5.41) is 0. The minimum atomic E-state index is 0.0320. The van der Waals surface area contributed by atoms with Gasteiger partial charge >= 0.3 is 0 Å². The van der Waals surface area contributed by atoms with Crippen LogP contribution in [0.3, 0.4) is 0 Å². The second-order valence-electron chi connectivity index (χ2n) is 4.49. The molecule has 1 rings (SSSR count). The Morgan fingerprint density at radius 2 is 1.94 bits per heavy atom. The molecule has 4 heteroatoms. The summed E-state index contributed by atoms with van der Waals surface area (Å²) in [4.78, 5) is 13.6. The van der Waals surface area contributed by atoms with Crippen LogP contribution in [0.4, 0.5) is 5.69 Å². The standard InChI is InChI=1S/C14H22N2O2/c1-9-8-12(16(4)13(17)6-7-15)10(2)11(3)14(9)18-5/h8H,6-7,15H2,1-5H3. The van der Waals surface area contributed by atoms with Crippen LogP contribution in [0.1, 0.15) is 23.1 Å². The van der Waals surface area contributed by atoms with E-state index in [0.29, 0.717) is 13.0 Å². The Kier molecular flexibility index (Phi) is 4.73. The lowest BCUT2D eigenvalue weighted by molar-refractivity contribution is -0.118. The number of amides is 1. The summed E-state index contributed by atoms with van der Waals surface area (Å²) < 4.78 is 5.38. The summed E-state index contributed by atoms with van der Waals surface area (Å²) in [6, 6.07) is 1.98. The zero-order valence-corrected chi connectivity index (χ0v) is 11.8. The minimum absolute atomic E-state index is 0.0320. The van der Waals surface area contributed by atoms with Crippen LogP contribution >= 0.6 is 0 Å². The maximum Gasteiger partial charge on any atom is 0.227 e. The van der Waals surface area contributed by atoms with Crippen LogP contribution < -0.4 is 15.4 Å². The average Bonchev–Trinajstić information content (AvgIpc) is 2.34. The molecule has 0 fully saturated rings. The SMILES string of the molecule is COc1c(C)cc(N(C)C(=O)CCN)c(C)c1C. The third-order valence-corrected chi connectivity index (χ3v) is 3.30. The van der Waals surface area contributed by atoms with Gasteiger partial charge in [0.1, 0.15) is 5.75 Å². The summed E-state index contributed by atoms with van der Waals surface area (Å²) in [7, 11) is 3.45. The predicted octanol–water partition coefficient (Wildman–Crippen LogP) is 1.93. The number of methoxy groups -OCH3 is 1. The molecule has 100 valence electrons. The van der Waals surface area contributed by atoms with Crippen LogP contribution in [0, 0.1) is 20.8 Å². The first-order valence-electron chi connectivity index (χ1n) is 6.05. The number of aryl methyl sites for hydroxylation is 1. The summed E-state index contributed by atoms with van der Waals surface area (Å²) >= 11 is 0. The van der Waals surface area contributed by atoms with E-state index in [0.717, 1.165) is 28.1 Å². The zero-order valence-electron chi connectivity index (χ0n) is 11.8. The van der Waals surface area contributed by atoms with Crippen LogP contribution in [-0.2, 0) is 4.79 Å². The molecule has 1 amide bonds. The van der Waals surface area contributed by atoms with E-state index >= 15 is 0 Å². The van der Waals surface area contributed by atoms with E-state index in [2.05, 4.69) is 0 Å². The minimum Gasteiger partial charge on any atom is -0.496 e. The van der Waals surface area contributed by atoms with Crippen LogP contribution in [0.15, 0.2) is 6.07 Å². The fourth-order valence-corrected chi connectivity index (χ4v) is 2.13. The highest BCUT2D eigenvalue weighted by atomic mass is 16.5. The van der Waals surface area contributed by atoms with Gasteiger partial charge in [-0.25, -0.2) is 0 Å². The normalized spacial score (nSPS) is 10.3. The van der Waals surface area contributed by atoms with Gasteiger partial charge in [-0.05, 0) is 43.5 Å². The molecule has 2 N–H and O–H groups in total. The van der Waals surface area contributed by atoms with Crippen molar-refractivity contribution in [2.45, 2.75) is 27.2 Å². The fourth-order valence-electron chi connectivity index (χ4n) is 2.13.